The molecule has 0 atom stereocenters. The molecule has 22 heavy (non-hydrogen) atoms. The smallest absolute Gasteiger partial charge is 0.261 e. The summed E-state index contributed by atoms with van der Waals surface area (Å²) in [6.45, 7) is 0.418. The number of halogens is 1. The second-order valence-electron chi connectivity index (χ2n) is 4.95. The van der Waals surface area contributed by atoms with Crippen LogP contribution in [0.2, 0.25) is 5.02 Å². The van der Waals surface area contributed by atoms with Crippen LogP contribution in [0.25, 0.3) is 0 Å². The summed E-state index contributed by atoms with van der Waals surface area (Å²) < 4.78 is 0. The highest BCUT2D eigenvalue weighted by Crippen LogP contribution is 2.24. The van der Waals surface area contributed by atoms with E-state index in [1.807, 2.05) is 24.3 Å². The van der Waals surface area contributed by atoms with E-state index in [1.54, 1.807) is 36.0 Å². The van der Waals surface area contributed by atoms with Crippen LogP contribution in [-0.2, 0) is 5.75 Å². The molecule has 0 saturated carbocycles. The first-order chi connectivity index (χ1) is 10.7. The van der Waals surface area contributed by atoms with Crippen LogP contribution in [0.4, 0.5) is 0 Å². The van der Waals surface area contributed by atoms with Crippen LogP contribution in [0.3, 0.4) is 0 Å². The molecule has 1 aliphatic heterocycles. The SMILES string of the molecule is O=C1c2ccccc2C(=O)N1CCSCc1ccccc1Cl. The summed E-state index contributed by atoms with van der Waals surface area (Å²) in [5.74, 6) is 1.07. The van der Waals surface area contributed by atoms with Crippen LogP contribution in [0.5, 0.6) is 0 Å². The van der Waals surface area contributed by atoms with E-state index >= 15 is 0 Å². The van der Waals surface area contributed by atoms with Crippen molar-refractivity contribution < 1.29 is 9.59 Å². The molecule has 0 aromatic heterocycles. The summed E-state index contributed by atoms with van der Waals surface area (Å²) >= 11 is 7.77. The van der Waals surface area contributed by atoms with Gasteiger partial charge in [0, 0.05) is 23.1 Å². The first kappa shape index (κ1) is 15.1. The molecule has 0 N–H and O–H groups in total. The maximum atomic E-state index is 12.2. The van der Waals surface area contributed by atoms with Crippen molar-refractivity contribution in [3.05, 3.63) is 70.2 Å². The van der Waals surface area contributed by atoms with Crippen LogP contribution in [0, 0.1) is 0 Å². The van der Waals surface area contributed by atoms with Crippen molar-refractivity contribution in [2.24, 2.45) is 0 Å². The molecule has 0 saturated heterocycles. The third kappa shape index (κ3) is 2.89. The van der Waals surface area contributed by atoms with Crippen molar-refractivity contribution in [3.8, 4) is 0 Å². The molecule has 112 valence electrons. The number of imide groups is 1. The van der Waals surface area contributed by atoms with Gasteiger partial charge in [-0.2, -0.15) is 11.8 Å². The minimum absolute atomic E-state index is 0.195. The predicted octanol–water partition coefficient (Wildman–Crippen LogP) is 3.87. The van der Waals surface area contributed by atoms with E-state index in [0.717, 1.165) is 16.3 Å². The van der Waals surface area contributed by atoms with Gasteiger partial charge in [-0.05, 0) is 23.8 Å². The fraction of sp³-hybridized carbons (Fsp3) is 0.176. The molecule has 0 radical (unpaired) electrons. The van der Waals surface area contributed by atoms with Crippen LogP contribution < -0.4 is 0 Å². The Kier molecular flexibility index (Phi) is 4.50. The van der Waals surface area contributed by atoms with E-state index < -0.39 is 0 Å². The summed E-state index contributed by atoms with van der Waals surface area (Å²) in [5, 5.41) is 0.746. The van der Waals surface area contributed by atoms with Gasteiger partial charge in [0.1, 0.15) is 0 Å². The minimum atomic E-state index is -0.195. The number of amides is 2. The minimum Gasteiger partial charge on any atom is -0.274 e. The maximum absolute atomic E-state index is 12.2. The molecule has 0 bridgehead atoms. The fourth-order valence-corrected chi connectivity index (χ4v) is 3.61. The molecular formula is C17H14ClNO2S. The first-order valence-electron chi connectivity index (χ1n) is 6.95. The molecule has 2 aromatic carbocycles. The van der Waals surface area contributed by atoms with Crippen LogP contribution in [0.15, 0.2) is 48.5 Å². The lowest BCUT2D eigenvalue weighted by Gasteiger charge is -2.13. The molecule has 0 spiro atoms. The highest BCUT2D eigenvalue weighted by atomic mass is 35.5. The zero-order valence-corrected chi connectivity index (χ0v) is 13.4. The van der Waals surface area contributed by atoms with E-state index in [-0.39, 0.29) is 11.8 Å². The summed E-state index contributed by atoms with van der Waals surface area (Å²) in [4.78, 5) is 25.7. The van der Waals surface area contributed by atoms with Gasteiger partial charge in [0.15, 0.2) is 0 Å². The molecule has 3 nitrogen and oxygen atoms in total. The predicted molar refractivity (Wildman–Crippen MR) is 89.4 cm³/mol. The van der Waals surface area contributed by atoms with Crippen LogP contribution in [0.1, 0.15) is 26.3 Å². The second kappa shape index (κ2) is 6.55. The number of benzene rings is 2. The Morgan fingerprint density at radius 3 is 2.14 bits per heavy atom. The highest BCUT2D eigenvalue weighted by molar-refractivity contribution is 7.98. The molecular weight excluding hydrogens is 318 g/mol. The molecule has 5 heteroatoms. The number of carbonyl (C=O) groups is 2. The third-order valence-electron chi connectivity index (χ3n) is 3.55. The second-order valence-corrected chi connectivity index (χ2v) is 6.46. The summed E-state index contributed by atoms with van der Waals surface area (Å²) in [6, 6.07) is 14.7. The Hall–Kier alpha value is -1.78. The van der Waals surface area contributed by atoms with Gasteiger partial charge in [0.2, 0.25) is 0 Å². The third-order valence-corrected chi connectivity index (χ3v) is 4.91. The first-order valence-corrected chi connectivity index (χ1v) is 8.48. The van der Waals surface area contributed by atoms with Gasteiger partial charge in [-0.1, -0.05) is 41.9 Å². The summed E-state index contributed by atoms with van der Waals surface area (Å²) in [5.41, 5.74) is 2.07. The fourth-order valence-electron chi connectivity index (χ4n) is 2.40. The van der Waals surface area contributed by atoms with Crippen LogP contribution >= 0.6 is 23.4 Å². The monoisotopic (exact) mass is 331 g/mol. The van der Waals surface area contributed by atoms with E-state index in [4.69, 9.17) is 11.6 Å². The van der Waals surface area contributed by atoms with Gasteiger partial charge < -0.3 is 0 Å². The van der Waals surface area contributed by atoms with Gasteiger partial charge in [-0.3, -0.25) is 14.5 Å². The van der Waals surface area contributed by atoms with Crippen LogP contribution in [-0.4, -0.2) is 29.0 Å². The number of thioether (sulfide) groups is 1. The lowest BCUT2D eigenvalue weighted by Crippen LogP contribution is -2.31. The highest BCUT2D eigenvalue weighted by Gasteiger charge is 2.34. The Bertz CT molecular complexity index is 697. The number of hydrogen-bond acceptors (Lipinski definition) is 3. The van der Waals surface area contributed by atoms with E-state index in [1.165, 1.54) is 4.90 Å². The zero-order chi connectivity index (χ0) is 15.5. The lowest BCUT2D eigenvalue weighted by molar-refractivity contribution is 0.0664. The molecule has 0 unspecified atom stereocenters. The van der Waals surface area contributed by atoms with Gasteiger partial charge in [-0.15, -0.1) is 0 Å². The number of carbonyl (C=O) groups excluding carboxylic acids is 2. The normalized spacial score (nSPS) is 13.6. The van der Waals surface area contributed by atoms with Crippen molar-refractivity contribution in [3.63, 3.8) is 0 Å². The van der Waals surface area contributed by atoms with Crippen molar-refractivity contribution in [2.45, 2.75) is 5.75 Å². The van der Waals surface area contributed by atoms with Gasteiger partial charge in [0.05, 0.1) is 11.1 Å². The van der Waals surface area contributed by atoms with Crippen molar-refractivity contribution in [2.75, 3.05) is 12.3 Å². The van der Waals surface area contributed by atoms with Crippen molar-refractivity contribution >= 4 is 35.2 Å². The average molecular weight is 332 g/mol. The standard InChI is InChI=1S/C17H14ClNO2S/c18-15-8-4-1-5-12(15)11-22-10-9-19-16(20)13-6-2-3-7-14(13)17(19)21/h1-8H,9-11H2. The number of nitrogens with zero attached hydrogens (tertiary/aromatic N) is 1. The number of rotatable bonds is 5. The Morgan fingerprint density at radius 2 is 1.50 bits per heavy atom. The van der Waals surface area contributed by atoms with Gasteiger partial charge in [0.25, 0.3) is 11.8 Å². The largest absolute Gasteiger partial charge is 0.274 e. The summed E-state index contributed by atoms with van der Waals surface area (Å²) in [7, 11) is 0. The summed E-state index contributed by atoms with van der Waals surface area (Å²) in [6.07, 6.45) is 0. The molecule has 0 fully saturated rings. The average Bonchev–Trinajstić information content (AvgIpc) is 2.78. The van der Waals surface area contributed by atoms with E-state index in [0.29, 0.717) is 23.4 Å². The molecule has 1 heterocycles. The molecule has 2 aromatic rings. The Morgan fingerprint density at radius 1 is 0.909 bits per heavy atom. The Labute approximate surface area is 138 Å². The van der Waals surface area contributed by atoms with E-state index in [9.17, 15) is 9.59 Å². The molecule has 1 aliphatic rings. The maximum Gasteiger partial charge on any atom is 0.261 e. The van der Waals surface area contributed by atoms with Crippen molar-refractivity contribution in [1.29, 1.82) is 0 Å². The molecule has 0 aliphatic carbocycles. The zero-order valence-electron chi connectivity index (χ0n) is 11.8. The molecule has 3 rings (SSSR count). The number of fused-ring (bicyclic) bond motifs is 1. The molecule has 2 amide bonds. The van der Waals surface area contributed by atoms with Gasteiger partial charge >= 0.3 is 0 Å². The Balaban J connectivity index is 1.56. The quantitative estimate of drug-likeness (QED) is 0.616. The lowest BCUT2D eigenvalue weighted by atomic mass is 10.1. The van der Waals surface area contributed by atoms with Gasteiger partial charge in [-0.25, -0.2) is 0 Å². The number of hydrogen-bond donors (Lipinski definition) is 0. The van der Waals surface area contributed by atoms with E-state index in [2.05, 4.69) is 0 Å². The topological polar surface area (TPSA) is 37.4 Å². The van der Waals surface area contributed by atoms with Crippen molar-refractivity contribution in [1.82, 2.24) is 4.90 Å².